The SMILES string of the molecule is Oc1cccc(-c2nc3nc[nH]n3c2Nc2ccccc2)c1. The van der Waals surface area contributed by atoms with Crippen LogP contribution in [0.3, 0.4) is 0 Å². The lowest BCUT2D eigenvalue weighted by Gasteiger charge is -2.07. The van der Waals surface area contributed by atoms with Gasteiger partial charge < -0.3 is 10.4 Å². The van der Waals surface area contributed by atoms with Crippen molar-refractivity contribution in [1.82, 2.24) is 19.6 Å². The lowest BCUT2D eigenvalue weighted by molar-refractivity contribution is 0.475. The average molecular weight is 291 g/mol. The maximum atomic E-state index is 9.70. The number of anilines is 2. The molecular formula is C16H13N5O. The lowest BCUT2D eigenvalue weighted by Crippen LogP contribution is -1.97. The van der Waals surface area contributed by atoms with Gasteiger partial charge in [-0.3, -0.25) is 5.10 Å². The van der Waals surface area contributed by atoms with E-state index in [1.165, 1.54) is 0 Å². The number of aromatic nitrogens is 4. The van der Waals surface area contributed by atoms with E-state index in [1.807, 2.05) is 36.4 Å². The Balaban J connectivity index is 1.88. The first kappa shape index (κ1) is 12.5. The zero-order chi connectivity index (χ0) is 14.9. The van der Waals surface area contributed by atoms with Gasteiger partial charge >= 0.3 is 0 Å². The van der Waals surface area contributed by atoms with Gasteiger partial charge in [-0.05, 0) is 24.3 Å². The lowest BCUT2D eigenvalue weighted by atomic mass is 10.1. The minimum atomic E-state index is 0.202. The summed E-state index contributed by atoms with van der Waals surface area (Å²) >= 11 is 0. The molecule has 6 heteroatoms. The number of fused-ring (bicyclic) bond motifs is 1. The number of nitrogens with one attached hydrogen (secondary N) is 2. The number of phenolic OH excluding ortho intramolecular Hbond substituents is 1. The van der Waals surface area contributed by atoms with Crippen molar-refractivity contribution in [2.45, 2.75) is 0 Å². The number of phenols is 1. The van der Waals surface area contributed by atoms with Crippen LogP contribution >= 0.6 is 0 Å². The topological polar surface area (TPSA) is 78.2 Å². The molecule has 108 valence electrons. The smallest absolute Gasteiger partial charge is 0.252 e. The van der Waals surface area contributed by atoms with Gasteiger partial charge in [0.25, 0.3) is 5.78 Å². The first-order chi connectivity index (χ1) is 10.8. The highest BCUT2D eigenvalue weighted by Gasteiger charge is 2.16. The quantitative estimate of drug-likeness (QED) is 0.542. The molecule has 2 aromatic carbocycles. The maximum Gasteiger partial charge on any atom is 0.252 e. The summed E-state index contributed by atoms with van der Waals surface area (Å²) in [6, 6.07) is 16.8. The Morgan fingerprint density at radius 3 is 2.73 bits per heavy atom. The molecule has 0 atom stereocenters. The third-order valence-electron chi connectivity index (χ3n) is 3.38. The third kappa shape index (κ3) is 2.07. The highest BCUT2D eigenvalue weighted by Crippen LogP contribution is 2.31. The molecular weight excluding hydrogens is 278 g/mol. The zero-order valence-electron chi connectivity index (χ0n) is 11.6. The molecule has 2 aromatic heterocycles. The standard InChI is InChI=1S/C16H13N5O/c22-13-8-4-5-11(9-13)14-15(19-12-6-2-1-3-7-12)21-16(20-14)17-10-18-21/h1-10,19,22H,(H,17,18,20). The molecule has 6 nitrogen and oxygen atoms in total. The molecule has 4 rings (SSSR count). The van der Waals surface area contributed by atoms with Crippen molar-refractivity contribution in [2.24, 2.45) is 0 Å². The Kier molecular flexibility index (Phi) is 2.79. The summed E-state index contributed by atoms with van der Waals surface area (Å²) in [5.41, 5.74) is 2.48. The molecule has 3 N–H and O–H groups in total. The molecule has 2 heterocycles. The molecule has 0 radical (unpaired) electrons. The number of hydrogen-bond donors (Lipinski definition) is 3. The second-order valence-corrected chi connectivity index (χ2v) is 4.87. The summed E-state index contributed by atoms with van der Waals surface area (Å²) in [5, 5.41) is 16.1. The number of hydrogen-bond acceptors (Lipinski definition) is 4. The summed E-state index contributed by atoms with van der Waals surface area (Å²) in [4.78, 5) is 8.71. The zero-order valence-corrected chi connectivity index (χ0v) is 11.6. The maximum absolute atomic E-state index is 9.70. The van der Waals surface area contributed by atoms with E-state index < -0.39 is 0 Å². The summed E-state index contributed by atoms with van der Waals surface area (Å²) in [6.07, 6.45) is 1.59. The number of para-hydroxylation sites is 1. The van der Waals surface area contributed by atoms with E-state index >= 15 is 0 Å². The van der Waals surface area contributed by atoms with Crippen molar-refractivity contribution in [1.29, 1.82) is 0 Å². The summed E-state index contributed by atoms with van der Waals surface area (Å²) < 4.78 is 1.77. The second kappa shape index (κ2) is 4.92. The van der Waals surface area contributed by atoms with Crippen molar-refractivity contribution in [3.05, 3.63) is 60.9 Å². The summed E-state index contributed by atoms with van der Waals surface area (Å²) in [6.45, 7) is 0. The Labute approximate surface area is 126 Å². The van der Waals surface area contributed by atoms with E-state index in [9.17, 15) is 5.11 Å². The third-order valence-corrected chi connectivity index (χ3v) is 3.38. The molecule has 0 unspecified atom stereocenters. The van der Waals surface area contributed by atoms with E-state index in [0.717, 1.165) is 22.8 Å². The van der Waals surface area contributed by atoms with Crippen LogP contribution in [0.15, 0.2) is 60.9 Å². The van der Waals surface area contributed by atoms with Crippen LogP contribution in [-0.2, 0) is 0 Å². The van der Waals surface area contributed by atoms with E-state index in [4.69, 9.17) is 0 Å². The number of H-pyrrole nitrogens is 1. The Morgan fingerprint density at radius 1 is 1.05 bits per heavy atom. The van der Waals surface area contributed by atoms with Crippen LogP contribution in [0.25, 0.3) is 17.0 Å². The van der Waals surface area contributed by atoms with Gasteiger partial charge in [0.05, 0.1) is 0 Å². The fourth-order valence-electron chi connectivity index (χ4n) is 2.39. The largest absolute Gasteiger partial charge is 0.508 e. The fourth-order valence-corrected chi connectivity index (χ4v) is 2.39. The predicted molar refractivity (Wildman–Crippen MR) is 84.2 cm³/mol. The average Bonchev–Trinajstić information content (AvgIpc) is 3.11. The second-order valence-electron chi connectivity index (χ2n) is 4.87. The highest BCUT2D eigenvalue weighted by molar-refractivity contribution is 5.79. The molecule has 0 amide bonds. The Bertz CT molecular complexity index is 926. The van der Waals surface area contributed by atoms with Gasteiger partial charge in [-0.15, -0.1) is 0 Å². The van der Waals surface area contributed by atoms with Gasteiger partial charge in [0.1, 0.15) is 17.8 Å². The van der Waals surface area contributed by atoms with Crippen LogP contribution in [0.1, 0.15) is 0 Å². The molecule has 22 heavy (non-hydrogen) atoms. The predicted octanol–water partition coefficient (Wildman–Crippen LogP) is 3.17. The number of rotatable bonds is 3. The van der Waals surface area contributed by atoms with Crippen molar-refractivity contribution >= 4 is 17.3 Å². The molecule has 0 bridgehead atoms. The number of aromatic hydroxyl groups is 1. The van der Waals surface area contributed by atoms with Crippen LogP contribution in [-0.4, -0.2) is 24.7 Å². The number of imidazole rings is 1. The van der Waals surface area contributed by atoms with Gasteiger partial charge in [-0.25, -0.2) is 14.5 Å². The number of aromatic amines is 1. The minimum absolute atomic E-state index is 0.202. The van der Waals surface area contributed by atoms with E-state index in [1.54, 1.807) is 29.0 Å². The molecule has 0 saturated heterocycles. The monoisotopic (exact) mass is 291 g/mol. The van der Waals surface area contributed by atoms with E-state index in [-0.39, 0.29) is 5.75 Å². The molecule has 0 fully saturated rings. The summed E-state index contributed by atoms with van der Waals surface area (Å²) in [7, 11) is 0. The first-order valence-electron chi connectivity index (χ1n) is 6.84. The van der Waals surface area contributed by atoms with Gasteiger partial charge in [0.15, 0.2) is 5.82 Å². The summed E-state index contributed by atoms with van der Waals surface area (Å²) in [5.74, 6) is 1.54. The first-order valence-corrected chi connectivity index (χ1v) is 6.84. The van der Waals surface area contributed by atoms with Crippen molar-refractivity contribution in [3.63, 3.8) is 0 Å². The van der Waals surface area contributed by atoms with Crippen molar-refractivity contribution in [3.8, 4) is 17.0 Å². The Hall–Kier alpha value is -3.28. The normalized spacial score (nSPS) is 10.9. The number of benzene rings is 2. The van der Waals surface area contributed by atoms with Gasteiger partial charge in [0.2, 0.25) is 0 Å². The molecule has 0 saturated carbocycles. The fraction of sp³-hybridized carbons (Fsp3) is 0. The molecule has 0 spiro atoms. The van der Waals surface area contributed by atoms with Crippen molar-refractivity contribution in [2.75, 3.05) is 5.32 Å². The van der Waals surface area contributed by atoms with Crippen LogP contribution in [0.4, 0.5) is 11.5 Å². The van der Waals surface area contributed by atoms with Crippen LogP contribution in [0.2, 0.25) is 0 Å². The molecule has 0 aliphatic carbocycles. The van der Waals surface area contributed by atoms with Gasteiger partial charge in [-0.2, -0.15) is 0 Å². The van der Waals surface area contributed by atoms with Gasteiger partial charge in [-0.1, -0.05) is 30.3 Å². The van der Waals surface area contributed by atoms with E-state index in [0.29, 0.717) is 5.78 Å². The highest BCUT2D eigenvalue weighted by atomic mass is 16.3. The van der Waals surface area contributed by atoms with E-state index in [2.05, 4.69) is 20.4 Å². The minimum Gasteiger partial charge on any atom is -0.508 e. The molecule has 0 aliphatic heterocycles. The molecule has 4 aromatic rings. The van der Waals surface area contributed by atoms with Crippen molar-refractivity contribution < 1.29 is 5.11 Å². The van der Waals surface area contributed by atoms with Crippen LogP contribution < -0.4 is 5.32 Å². The van der Waals surface area contributed by atoms with Gasteiger partial charge in [0, 0.05) is 11.3 Å². The Morgan fingerprint density at radius 2 is 1.91 bits per heavy atom. The number of nitrogens with zero attached hydrogens (tertiary/aromatic N) is 3. The van der Waals surface area contributed by atoms with Crippen LogP contribution in [0, 0.1) is 0 Å². The van der Waals surface area contributed by atoms with Crippen LogP contribution in [0.5, 0.6) is 5.75 Å². The molecule has 0 aliphatic rings.